The zero-order valence-corrected chi connectivity index (χ0v) is 12.4. The molecule has 9 nitrogen and oxygen atoms in total. The smallest absolute Gasteiger partial charge is 0.379 e. The fraction of sp³-hybridized carbons (Fsp3) is 0.400. The van der Waals surface area contributed by atoms with Gasteiger partial charge in [0.25, 0.3) is 0 Å². The summed E-state index contributed by atoms with van der Waals surface area (Å²) in [6.07, 6.45) is -5.14. The number of rotatable bonds is 3. The molecule has 3 rings (SSSR count). The Balaban J connectivity index is 1.90. The lowest BCUT2D eigenvalue weighted by molar-refractivity contribution is -0.239. The fourth-order valence-electron chi connectivity index (χ4n) is 2.50. The van der Waals surface area contributed by atoms with Gasteiger partial charge in [0.15, 0.2) is 0 Å². The summed E-state index contributed by atoms with van der Waals surface area (Å²) in [6.45, 7) is -0.559. The van der Waals surface area contributed by atoms with Gasteiger partial charge in [0.05, 0.1) is 12.6 Å². The summed E-state index contributed by atoms with van der Waals surface area (Å²) in [5.74, 6) is -0.270. The van der Waals surface area contributed by atoms with Crippen LogP contribution in [0.3, 0.4) is 0 Å². The van der Waals surface area contributed by atoms with Crippen LogP contribution in [0.5, 0.6) is 11.5 Å². The Morgan fingerprint density at radius 1 is 1.21 bits per heavy atom. The van der Waals surface area contributed by atoms with Crippen molar-refractivity contribution < 1.29 is 34.3 Å². The van der Waals surface area contributed by atoms with Crippen LogP contribution in [0.1, 0.15) is 0 Å². The normalized spacial score (nSPS) is 30.4. The van der Waals surface area contributed by atoms with E-state index in [1.807, 2.05) is 0 Å². The molecule has 0 saturated carbocycles. The van der Waals surface area contributed by atoms with E-state index in [0.717, 1.165) is 0 Å². The van der Waals surface area contributed by atoms with Crippen LogP contribution in [0.15, 0.2) is 33.5 Å². The van der Waals surface area contributed by atoms with Crippen molar-refractivity contribution in [3.05, 3.63) is 34.7 Å². The third kappa shape index (κ3) is 2.95. The van der Waals surface area contributed by atoms with Gasteiger partial charge in [0.2, 0.25) is 12.0 Å². The standard InChI is InChI=1S/C15H17NO8/c16-11-13(20)12(19)10(5-17)24-15(11)23-9-3-6-1-2-7(18)4-8(6)22-14(9)21/h1-4,10-13,15,17-20H,5,16H2/t10-,11-,12-,13-,15?/m1/s1. The molecule has 1 unspecified atom stereocenters. The minimum atomic E-state index is -1.40. The maximum absolute atomic E-state index is 12.0. The van der Waals surface area contributed by atoms with E-state index in [2.05, 4.69) is 0 Å². The molecule has 1 aromatic carbocycles. The van der Waals surface area contributed by atoms with E-state index in [1.54, 1.807) is 0 Å². The van der Waals surface area contributed by atoms with Gasteiger partial charge in [-0.1, -0.05) is 0 Å². The Bertz CT molecular complexity index is 789. The highest BCUT2D eigenvalue weighted by Gasteiger charge is 2.44. The van der Waals surface area contributed by atoms with Gasteiger partial charge in [-0.3, -0.25) is 0 Å². The zero-order chi connectivity index (χ0) is 17.4. The molecule has 1 aromatic heterocycles. The largest absolute Gasteiger partial charge is 0.508 e. The first kappa shape index (κ1) is 16.7. The summed E-state index contributed by atoms with van der Waals surface area (Å²) < 4.78 is 15.7. The summed E-state index contributed by atoms with van der Waals surface area (Å²) in [7, 11) is 0. The number of hydrogen-bond acceptors (Lipinski definition) is 9. The Kier molecular flexibility index (Phi) is 4.43. The average molecular weight is 339 g/mol. The molecule has 1 aliphatic rings. The first-order valence-electron chi connectivity index (χ1n) is 7.22. The molecular formula is C15H17NO8. The summed E-state index contributed by atoms with van der Waals surface area (Å²) in [5.41, 5.74) is 5.10. The Morgan fingerprint density at radius 2 is 1.96 bits per heavy atom. The third-order valence-corrected chi connectivity index (χ3v) is 3.86. The molecule has 130 valence electrons. The van der Waals surface area contributed by atoms with Gasteiger partial charge in [-0.2, -0.15) is 0 Å². The summed E-state index contributed by atoms with van der Waals surface area (Å²) >= 11 is 0. The van der Waals surface area contributed by atoms with E-state index in [1.165, 1.54) is 24.3 Å². The van der Waals surface area contributed by atoms with Gasteiger partial charge in [-0.05, 0) is 18.2 Å². The van der Waals surface area contributed by atoms with Crippen LogP contribution >= 0.6 is 0 Å². The van der Waals surface area contributed by atoms with Crippen LogP contribution in [-0.4, -0.2) is 57.7 Å². The van der Waals surface area contributed by atoms with E-state index < -0.39 is 42.9 Å². The number of hydrogen-bond donors (Lipinski definition) is 5. The molecule has 2 aromatic rings. The number of aromatic hydroxyl groups is 1. The average Bonchev–Trinajstić information content (AvgIpc) is 2.56. The predicted molar refractivity (Wildman–Crippen MR) is 80.5 cm³/mol. The first-order valence-corrected chi connectivity index (χ1v) is 7.22. The van der Waals surface area contributed by atoms with Gasteiger partial charge in [-0.25, -0.2) is 4.79 Å². The minimum absolute atomic E-state index is 0.0557. The van der Waals surface area contributed by atoms with Crippen molar-refractivity contribution in [1.29, 1.82) is 0 Å². The highest BCUT2D eigenvalue weighted by molar-refractivity contribution is 5.79. The van der Waals surface area contributed by atoms with Gasteiger partial charge in [0.1, 0.15) is 29.6 Å². The molecule has 0 radical (unpaired) electrons. The molecule has 6 N–H and O–H groups in total. The van der Waals surface area contributed by atoms with E-state index in [9.17, 15) is 25.2 Å². The molecular weight excluding hydrogens is 322 g/mol. The van der Waals surface area contributed by atoms with Crippen molar-refractivity contribution in [2.75, 3.05) is 6.61 Å². The van der Waals surface area contributed by atoms with Crippen molar-refractivity contribution in [1.82, 2.24) is 0 Å². The summed E-state index contributed by atoms with van der Waals surface area (Å²) in [4.78, 5) is 12.0. The monoisotopic (exact) mass is 339 g/mol. The van der Waals surface area contributed by atoms with E-state index in [0.29, 0.717) is 5.39 Å². The van der Waals surface area contributed by atoms with E-state index in [4.69, 9.17) is 19.6 Å². The molecule has 24 heavy (non-hydrogen) atoms. The topological polar surface area (TPSA) is 156 Å². The molecule has 0 amide bonds. The second kappa shape index (κ2) is 6.38. The van der Waals surface area contributed by atoms with E-state index >= 15 is 0 Å². The lowest BCUT2D eigenvalue weighted by Crippen LogP contribution is -2.63. The number of benzene rings is 1. The molecule has 9 heteroatoms. The minimum Gasteiger partial charge on any atom is -0.508 e. The van der Waals surface area contributed by atoms with Crippen molar-refractivity contribution >= 4 is 11.0 Å². The van der Waals surface area contributed by atoms with Crippen molar-refractivity contribution in [3.63, 3.8) is 0 Å². The second-order valence-electron chi connectivity index (χ2n) is 5.52. The highest BCUT2D eigenvalue weighted by atomic mass is 16.7. The van der Waals surface area contributed by atoms with Crippen LogP contribution in [0.25, 0.3) is 11.0 Å². The molecule has 2 heterocycles. The zero-order valence-electron chi connectivity index (χ0n) is 12.4. The van der Waals surface area contributed by atoms with Crippen LogP contribution in [0, 0.1) is 0 Å². The first-order chi connectivity index (χ1) is 11.4. The molecule has 5 atom stereocenters. The van der Waals surface area contributed by atoms with Crippen molar-refractivity contribution in [2.24, 2.45) is 5.73 Å². The molecule has 0 spiro atoms. The van der Waals surface area contributed by atoms with Gasteiger partial charge >= 0.3 is 5.63 Å². The lowest BCUT2D eigenvalue weighted by Gasteiger charge is -2.40. The van der Waals surface area contributed by atoms with Crippen LogP contribution in [0.4, 0.5) is 0 Å². The Morgan fingerprint density at radius 3 is 2.67 bits per heavy atom. The van der Waals surface area contributed by atoms with Crippen LogP contribution < -0.4 is 16.1 Å². The summed E-state index contributed by atoms with van der Waals surface area (Å²) in [5, 5.41) is 38.7. The van der Waals surface area contributed by atoms with Crippen LogP contribution in [-0.2, 0) is 4.74 Å². The van der Waals surface area contributed by atoms with Gasteiger partial charge in [0, 0.05) is 11.5 Å². The molecule has 1 aliphatic heterocycles. The third-order valence-electron chi connectivity index (χ3n) is 3.86. The van der Waals surface area contributed by atoms with Gasteiger partial charge in [-0.15, -0.1) is 0 Å². The number of phenolic OH excluding ortho intramolecular Hbond substituents is 1. The molecule has 1 saturated heterocycles. The number of aliphatic hydroxyl groups is 3. The SMILES string of the molecule is N[C@H]1C(Oc2cc3ccc(O)cc3oc2=O)O[C@H](CO)[C@@H](O)[C@@H]1O. The van der Waals surface area contributed by atoms with E-state index in [-0.39, 0.29) is 17.1 Å². The van der Waals surface area contributed by atoms with Gasteiger partial charge < -0.3 is 40.1 Å². The Labute approximate surface area is 135 Å². The van der Waals surface area contributed by atoms with Crippen LogP contribution in [0.2, 0.25) is 0 Å². The summed E-state index contributed by atoms with van der Waals surface area (Å²) in [6, 6.07) is 4.46. The number of ether oxygens (including phenoxy) is 2. The predicted octanol–water partition coefficient (Wildman–Crippen LogP) is -1.36. The molecule has 1 fully saturated rings. The maximum atomic E-state index is 12.0. The highest BCUT2D eigenvalue weighted by Crippen LogP contribution is 2.25. The second-order valence-corrected chi connectivity index (χ2v) is 5.52. The Hall–Kier alpha value is -2.17. The number of nitrogens with two attached hydrogens (primary N) is 1. The fourth-order valence-corrected chi connectivity index (χ4v) is 2.50. The molecule has 0 aliphatic carbocycles. The number of phenols is 1. The lowest BCUT2D eigenvalue weighted by atomic mass is 9.98. The number of aliphatic hydroxyl groups excluding tert-OH is 3. The number of fused-ring (bicyclic) bond motifs is 1. The quantitative estimate of drug-likeness (QED) is 0.426. The van der Waals surface area contributed by atoms with Crippen molar-refractivity contribution in [2.45, 2.75) is 30.6 Å². The van der Waals surface area contributed by atoms with Crippen molar-refractivity contribution in [3.8, 4) is 11.5 Å². The maximum Gasteiger partial charge on any atom is 0.379 e. The molecule has 0 bridgehead atoms.